The van der Waals surface area contributed by atoms with Gasteiger partial charge in [-0.05, 0) is 73.1 Å². The van der Waals surface area contributed by atoms with Gasteiger partial charge in [-0.25, -0.2) is 0 Å². The first kappa shape index (κ1) is 16.4. The summed E-state index contributed by atoms with van der Waals surface area (Å²) in [5, 5.41) is 21.5. The second-order valence-corrected chi connectivity index (χ2v) is 8.91. The average molecular weight is 358 g/mol. The molecule has 0 amide bonds. The minimum absolute atomic E-state index is 0.139. The highest BCUT2D eigenvalue weighted by Gasteiger charge is 2.70. The second kappa shape index (κ2) is 5.16. The molecule has 1 saturated heterocycles. The molecular weight excluding hydrogens is 332 g/mol. The fourth-order valence-electron chi connectivity index (χ4n) is 6.72. The lowest BCUT2D eigenvalue weighted by Crippen LogP contribution is -2.52. The van der Waals surface area contributed by atoms with Gasteiger partial charge in [0.1, 0.15) is 11.7 Å². The van der Waals surface area contributed by atoms with Crippen LogP contribution in [0, 0.1) is 17.3 Å². The molecule has 1 aromatic rings. The van der Waals surface area contributed by atoms with Crippen LogP contribution < -0.4 is 4.74 Å². The van der Waals surface area contributed by atoms with E-state index in [4.69, 9.17) is 9.47 Å². The van der Waals surface area contributed by atoms with Crippen LogP contribution in [0.2, 0.25) is 0 Å². The van der Waals surface area contributed by atoms with Crippen molar-refractivity contribution < 1.29 is 24.5 Å². The van der Waals surface area contributed by atoms with Gasteiger partial charge < -0.3 is 19.7 Å². The van der Waals surface area contributed by atoms with Crippen molar-refractivity contribution in [3.05, 3.63) is 23.3 Å². The van der Waals surface area contributed by atoms with E-state index in [1.807, 2.05) is 12.1 Å². The maximum atomic E-state index is 11.8. The first-order valence-corrected chi connectivity index (χ1v) is 9.69. The van der Waals surface area contributed by atoms with Crippen molar-refractivity contribution in [2.45, 2.75) is 63.1 Å². The number of benzene rings is 1. The number of aromatic hydroxyl groups is 1. The summed E-state index contributed by atoms with van der Waals surface area (Å²) in [4.78, 5) is 11.8. The number of aryl methyl sites for hydroxylation is 1. The molecule has 1 aromatic carbocycles. The Morgan fingerprint density at radius 1 is 1.31 bits per heavy atom. The molecule has 5 nitrogen and oxygen atoms in total. The second-order valence-electron chi connectivity index (χ2n) is 8.91. The number of hydrogen-bond donors (Lipinski definition) is 2. The Balaban J connectivity index is 1.53. The quantitative estimate of drug-likeness (QED) is 0.755. The van der Waals surface area contributed by atoms with Crippen LogP contribution in [0.25, 0.3) is 0 Å². The molecule has 2 N–H and O–H groups in total. The van der Waals surface area contributed by atoms with Crippen molar-refractivity contribution in [3.8, 4) is 11.5 Å². The zero-order valence-electron chi connectivity index (χ0n) is 15.3. The fourth-order valence-corrected chi connectivity index (χ4v) is 6.72. The van der Waals surface area contributed by atoms with Gasteiger partial charge in [0.05, 0.1) is 13.5 Å². The number of phenolic OH excluding ortho intramolecular Hbond substituents is 1. The zero-order valence-corrected chi connectivity index (χ0v) is 15.3. The van der Waals surface area contributed by atoms with Gasteiger partial charge in [-0.2, -0.15) is 0 Å². The summed E-state index contributed by atoms with van der Waals surface area (Å²) in [7, 11) is 1.59. The average Bonchev–Trinajstić information content (AvgIpc) is 3.01. The van der Waals surface area contributed by atoms with E-state index in [0.29, 0.717) is 23.5 Å². The Labute approximate surface area is 153 Å². The number of phenols is 1. The number of fused-ring (bicyclic) bond motifs is 7. The van der Waals surface area contributed by atoms with Gasteiger partial charge >= 0.3 is 5.97 Å². The summed E-state index contributed by atoms with van der Waals surface area (Å²) < 4.78 is 10.8. The Hall–Kier alpha value is -1.75. The summed E-state index contributed by atoms with van der Waals surface area (Å²) >= 11 is 0. The van der Waals surface area contributed by atoms with Crippen LogP contribution in [0.5, 0.6) is 11.5 Å². The van der Waals surface area contributed by atoms with Gasteiger partial charge in [0, 0.05) is 5.41 Å². The third-order valence-electron chi connectivity index (χ3n) is 8.09. The molecule has 4 aliphatic rings. The van der Waals surface area contributed by atoms with Crippen LogP contribution >= 0.6 is 0 Å². The van der Waals surface area contributed by atoms with Crippen molar-refractivity contribution in [1.29, 1.82) is 0 Å². The number of rotatable bonds is 1. The minimum Gasteiger partial charge on any atom is -0.504 e. The van der Waals surface area contributed by atoms with Crippen LogP contribution in [0.3, 0.4) is 0 Å². The predicted molar refractivity (Wildman–Crippen MR) is 94.1 cm³/mol. The van der Waals surface area contributed by atoms with Crippen molar-refractivity contribution in [3.63, 3.8) is 0 Å². The van der Waals surface area contributed by atoms with Gasteiger partial charge in [-0.15, -0.1) is 0 Å². The van der Waals surface area contributed by atoms with Gasteiger partial charge in [0.2, 0.25) is 0 Å². The monoisotopic (exact) mass is 358 g/mol. The fraction of sp³-hybridized carbons (Fsp3) is 0.667. The molecule has 0 bridgehead atoms. The maximum absolute atomic E-state index is 11.8. The number of carbonyl (C=O) groups excluding carboxylic acids is 1. The predicted octanol–water partition coefficient (Wildman–Crippen LogP) is 2.91. The Bertz CT molecular complexity index is 789. The van der Waals surface area contributed by atoms with E-state index < -0.39 is 5.60 Å². The number of methoxy groups -OCH3 is 1. The molecular formula is C21H26O5. The van der Waals surface area contributed by atoms with Crippen molar-refractivity contribution in [2.75, 3.05) is 7.11 Å². The molecule has 1 unspecified atom stereocenters. The minimum atomic E-state index is -1.01. The summed E-state index contributed by atoms with van der Waals surface area (Å²) in [6.45, 7) is 2.17. The molecule has 0 aromatic heterocycles. The number of esters is 1. The number of ether oxygens (including phenoxy) is 2. The lowest BCUT2D eigenvalue weighted by Gasteiger charge is -2.52. The summed E-state index contributed by atoms with van der Waals surface area (Å²) in [6, 6.07) is 3.87. The van der Waals surface area contributed by atoms with E-state index >= 15 is 0 Å². The molecule has 0 spiro atoms. The Morgan fingerprint density at radius 2 is 2.12 bits per heavy atom. The molecule has 140 valence electrons. The third-order valence-corrected chi connectivity index (χ3v) is 8.09. The highest BCUT2D eigenvalue weighted by atomic mass is 16.6. The number of hydrogen-bond acceptors (Lipinski definition) is 5. The lowest BCUT2D eigenvalue weighted by atomic mass is 9.53. The highest BCUT2D eigenvalue weighted by molar-refractivity contribution is 5.74. The van der Waals surface area contributed by atoms with Crippen LogP contribution in [0.15, 0.2) is 12.1 Å². The molecule has 3 aliphatic carbocycles. The van der Waals surface area contributed by atoms with E-state index in [0.717, 1.165) is 32.1 Å². The van der Waals surface area contributed by atoms with Gasteiger partial charge in [-0.1, -0.05) is 6.92 Å². The van der Waals surface area contributed by atoms with Crippen LogP contribution in [-0.4, -0.2) is 35.0 Å². The smallest absolute Gasteiger partial charge is 0.309 e. The Kier molecular flexibility index (Phi) is 3.26. The van der Waals surface area contributed by atoms with Gasteiger partial charge in [0.25, 0.3) is 0 Å². The lowest BCUT2D eigenvalue weighted by molar-refractivity contribution is -0.142. The van der Waals surface area contributed by atoms with E-state index in [-0.39, 0.29) is 29.7 Å². The summed E-state index contributed by atoms with van der Waals surface area (Å²) in [5.74, 6) is 1.75. The zero-order chi connectivity index (χ0) is 18.3. The van der Waals surface area contributed by atoms with E-state index in [1.54, 1.807) is 7.11 Å². The molecule has 1 aliphatic heterocycles. The van der Waals surface area contributed by atoms with Crippen LogP contribution in [0.1, 0.15) is 56.1 Å². The van der Waals surface area contributed by atoms with Crippen LogP contribution in [0.4, 0.5) is 0 Å². The molecule has 6 atom stereocenters. The molecule has 0 radical (unpaired) electrons. The van der Waals surface area contributed by atoms with Crippen molar-refractivity contribution >= 4 is 5.97 Å². The molecule has 3 fully saturated rings. The van der Waals surface area contributed by atoms with E-state index in [1.165, 1.54) is 11.1 Å². The normalized spacial score (nSPS) is 43.1. The first-order chi connectivity index (χ1) is 12.4. The van der Waals surface area contributed by atoms with E-state index in [2.05, 4.69) is 6.92 Å². The largest absolute Gasteiger partial charge is 0.504 e. The molecule has 2 saturated carbocycles. The standard InChI is InChI=1S/C21H26O5/c1-20-6-5-12-13(15(20)9-18-21(20,24)10-19(23)26-18)4-3-11-7-16(22)17(25-2)8-14(11)12/h7-8,12-13,15,18,22,24H,3-6,9-10H2,1-2H3/t12-,13+,15-,18?,20-,21+/m0/s1. The summed E-state index contributed by atoms with van der Waals surface area (Å²) in [5.41, 5.74) is 1.24. The third kappa shape index (κ3) is 1.87. The molecule has 5 rings (SSSR count). The highest BCUT2D eigenvalue weighted by Crippen LogP contribution is 2.67. The first-order valence-electron chi connectivity index (χ1n) is 9.69. The maximum Gasteiger partial charge on any atom is 0.309 e. The molecule has 26 heavy (non-hydrogen) atoms. The molecule has 1 heterocycles. The number of carbonyl (C=O) groups is 1. The molecule has 5 heteroatoms. The van der Waals surface area contributed by atoms with Gasteiger partial charge in [-0.3, -0.25) is 4.79 Å². The summed E-state index contributed by atoms with van der Waals surface area (Å²) in [6.07, 6.45) is 4.43. The number of aliphatic hydroxyl groups is 1. The van der Waals surface area contributed by atoms with Crippen LogP contribution in [-0.2, 0) is 16.0 Å². The van der Waals surface area contributed by atoms with Gasteiger partial charge in [0.15, 0.2) is 11.5 Å². The topological polar surface area (TPSA) is 76.0 Å². The van der Waals surface area contributed by atoms with Crippen molar-refractivity contribution in [2.24, 2.45) is 17.3 Å². The van der Waals surface area contributed by atoms with Crippen molar-refractivity contribution in [1.82, 2.24) is 0 Å². The Morgan fingerprint density at radius 3 is 2.88 bits per heavy atom. The SMILES string of the molecule is COc1cc2c(cc1O)CC[C@@H]1[C@@H]2CC[C@@]2(C)[C@H]1CC1OC(=O)C[C@@]12O. The van der Waals surface area contributed by atoms with E-state index in [9.17, 15) is 15.0 Å².